The molecule has 0 spiro atoms. The van der Waals surface area contributed by atoms with Crippen LogP contribution in [-0.2, 0) is 11.2 Å². The first kappa shape index (κ1) is 10.6. The number of carbonyl (C=O) groups is 1. The first-order valence-electron chi connectivity index (χ1n) is 4.68. The van der Waals surface area contributed by atoms with Gasteiger partial charge in [0.05, 0.1) is 0 Å². The second kappa shape index (κ2) is 5.27. The Hall–Kier alpha value is -1.51. The minimum Gasteiger partial charge on any atom is -0.484 e. The van der Waals surface area contributed by atoms with Gasteiger partial charge in [-0.3, -0.25) is 4.79 Å². The average molecular weight is 193 g/mol. The van der Waals surface area contributed by atoms with E-state index < -0.39 is 0 Å². The van der Waals surface area contributed by atoms with Crippen molar-refractivity contribution in [2.75, 3.05) is 13.7 Å². The molecule has 0 heterocycles. The van der Waals surface area contributed by atoms with Gasteiger partial charge >= 0.3 is 0 Å². The Morgan fingerprint density at radius 1 is 1.50 bits per heavy atom. The van der Waals surface area contributed by atoms with Crippen LogP contribution in [-0.4, -0.2) is 19.6 Å². The third-order valence-electron chi connectivity index (χ3n) is 1.96. The smallest absolute Gasteiger partial charge is 0.257 e. The normalized spacial score (nSPS) is 9.57. The maximum atomic E-state index is 10.9. The average Bonchev–Trinajstić information content (AvgIpc) is 2.26. The summed E-state index contributed by atoms with van der Waals surface area (Å²) in [6.45, 7) is 2.15. The minimum absolute atomic E-state index is 0.0731. The molecule has 0 unspecified atom stereocenters. The molecule has 0 saturated carbocycles. The number of ether oxygens (including phenoxy) is 1. The summed E-state index contributed by atoms with van der Waals surface area (Å²) in [6, 6.07) is 7.76. The van der Waals surface area contributed by atoms with Crippen molar-refractivity contribution in [3.63, 3.8) is 0 Å². The number of rotatable bonds is 4. The number of amides is 1. The second-order valence-electron chi connectivity index (χ2n) is 2.96. The molecule has 1 amide bonds. The van der Waals surface area contributed by atoms with E-state index in [-0.39, 0.29) is 12.5 Å². The maximum Gasteiger partial charge on any atom is 0.257 e. The van der Waals surface area contributed by atoms with Gasteiger partial charge in [-0.2, -0.15) is 0 Å². The van der Waals surface area contributed by atoms with E-state index in [1.807, 2.05) is 24.3 Å². The molecule has 0 aromatic heterocycles. The van der Waals surface area contributed by atoms with E-state index >= 15 is 0 Å². The maximum absolute atomic E-state index is 10.9. The van der Waals surface area contributed by atoms with E-state index in [9.17, 15) is 4.79 Å². The quantitative estimate of drug-likeness (QED) is 0.784. The molecule has 76 valence electrons. The van der Waals surface area contributed by atoms with Crippen LogP contribution < -0.4 is 10.1 Å². The highest BCUT2D eigenvalue weighted by Crippen LogP contribution is 2.13. The number of carbonyl (C=O) groups excluding carboxylic acids is 1. The van der Waals surface area contributed by atoms with Crippen molar-refractivity contribution < 1.29 is 9.53 Å². The Kier molecular flexibility index (Phi) is 3.98. The summed E-state index contributed by atoms with van der Waals surface area (Å²) in [4.78, 5) is 10.9. The van der Waals surface area contributed by atoms with Gasteiger partial charge in [0.15, 0.2) is 6.61 Å². The third kappa shape index (κ3) is 3.09. The molecule has 1 N–H and O–H groups in total. The van der Waals surface area contributed by atoms with E-state index in [1.165, 1.54) is 5.56 Å². The lowest BCUT2D eigenvalue weighted by Crippen LogP contribution is -2.24. The first-order chi connectivity index (χ1) is 6.76. The minimum atomic E-state index is -0.119. The summed E-state index contributed by atoms with van der Waals surface area (Å²) >= 11 is 0. The molecular weight excluding hydrogens is 178 g/mol. The molecule has 0 saturated heterocycles. The summed E-state index contributed by atoms with van der Waals surface area (Å²) < 4.78 is 5.29. The molecule has 0 aliphatic heterocycles. The highest BCUT2D eigenvalue weighted by molar-refractivity contribution is 5.77. The summed E-state index contributed by atoms with van der Waals surface area (Å²) in [5.74, 6) is 0.625. The predicted molar refractivity (Wildman–Crippen MR) is 55.4 cm³/mol. The van der Waals surface area contributed by atoms with Crippen LogP contribution in [0.1, 0.15) is 12.5 Å². The van der Waals surface area contributed by atoms with Crippen LogP contribution in [0, 0.1) is 0 Å². The van der Waals surface area contributed by atoms with Crippen molar-refractivity contribution in [1.29, 1.82) is 0 Å². The van der Waals surface area contributed by atoms with E-state index in [0.717, 1.165) is 12.2 Å². The van der Waals surface area contributed by atoms with E-state index in [1.54, 1.807) is 7.05 Å². The van der Waals surface area contributed by atoms with E-state index in [0.29, 0.717) is 0 Å². The monoisotopic (exact) mass is 193 g/mol. The van der Waals surface area contributed by atoms with Gasteiger partial charge in [-0.1, -0.05) is 19.1 Å². The van der Waals surface area contributed by atoms with Gasteiger partial charge in [0.25, 0.3) is 5.91 Å². The molecule has 14 heavy (non-hydrogen) atoms. The molecule has 0 aliphatic rings. The molecule has 0 atom stereocenters. The van der Waals surface area contributed by atoms with Crippen LogP contribution in [0.2, 0.25) is 0 Å². The highest BCUT2D eigenvalue weighted by Gasteiger charge is 1.99. The summed E-state index contributed by atoms with van der Waals surface area (Å²) in [7, 11) is 1.59. The lowest BCUT2D eigenvalue weighted by molar-refractivity contribution is -0.122. The lowest BCUT2D eigenvalue weighted by atomic mass is 10.2. The molecule has 1 aromatic carbocycles. The molecule has 0 radical (unpaired) electrons. The Labute approximate surface area is 84.1 Å². The van der Waals surface area contributed by atoms with E-state index in [2.05, 4.69) is 12.2 Å². The second-order valence-corrected chi connectivity index (χ2v) is 2.96. The van der Waals surface area contributed by atoms with Crippen LogP contribution >= 0.6 is 0 Å². The van der Waals surface area contributed by atoms with Gasteiger partial charge in [-0.25, -0.2) is 0 Å². The standard InChI is InChI=1S/C11H15NO2/c1-3-9-5-4-6-10(7-9)14-8-11(13)12-2/h4-7H,3,8H2,1-2H3,(H,12,13). The fourth-order valence-electron chi connectivity index (χ4n) is 1.08. The zero-order chi connectivity index (χ0) is 10.4. The van der Waals surface area contributed by atoms with Gasteiger partial charge in [0.1, 0.15) is 5.75 Å². The summed E-state index contributed by atoms with van der Waals surface area (Å²) in [6.07, 6.45) is 0.969. The number of aryl methyl sites for hydroxylation is 1. The zero-order valence-electron chi connectivity index (χ0n) is 8.54. The molecule has 1 aromatic rings. The van der Waals surface area contributed by atoms with Crippen molar-refractivity contribution in [2.45, 2.75) is 13.3 Å². The molecular formula is C11H15NO2. The highest BCUT2D eigenvalue weighted by atomic mass is 16.5. The Balaban J connectivity index is 2.54. The summed E-state index contributed by atoms with van der Waals surface area (Å²) in [5, 5.41) is 2.50. The number of benzene rings is 1. The molecule has 3 heteroatoms. The Bertz CT molecular complexity index is 310. The van der Waals surface area contributed by atoms with Gasteiger partial charge in [-0.15, -0.1) is 0 Å². The first-order valence-corrected chi connectivity index (χ1v) is 4.68. The van der Waals surface area contributed by atoms with Gasteiger partial charge < -0.3 is 10.1 Å². The third-order valence-corrected chi connectivity index (χ3v) is 1.96. The van der Waals surface area contributed by atoms with Crippen molar-refractivity contribution in [3.05, 3.63) is 29.8 Å². The van der Waals surface area contributed by atoms with Gasteiger partial charge in [-0.05, 0) is 24.1 Å². The SMILES string of the molecule is CCc1cccc(OCC(=O)NC)c1. The Morgan fingerprint density at radius 2 is 2.29 bits per heavy atom. The summed E-state index contributed by atoms with van der Waals surface area (Å²) in [5.41, 5.74) is 1.21. The number of likely N-dealkylation sites (N-methyl/N-ethyl adjacent to an activating group) is 1. The van der Waals surface area contributed by atoms with Gasteiger partial charge in [0.2, 0.25) is 0 Å². The fraction of sp³-hybridized carbons (Fsp3) is 0.364. The van der Waals surface area contributed by atoms with Crippen molar-refractivity contribution in [2.24, 2.45) is 0 Å². The number of hydrogen-bond acceptors (Lipinski definition) is 2. The largest absolute Gasteiger partial charge is 0.484 e. The van der Waals surface area contributed by atoms with E-state index in [4.69, 9.17) is 4.74 Å². The molecule has 1 rings (SSSR count). The number of hydrogen-bond donors (Lipinski definition) is 1. The molecule has 0 fully saturated rings. The van der Waals surface area contributed by atoms with Crippen LogP contribution in [0.25, 0.3) is 0 Å². The van der Waals surface area contributed by atoms with Crippen molar-refractivity contribution in [1.82, 2.24) is 5.32 Å². The number of nitrogens with one attached hydrogen (secondary N) is 1. The van der Waals surface area contributed by atoms with Crippen molar-refractivity contribution in [3.8, 4) is 5.75 Å². The lowest BCUT2D eigenvalue weighted by Gasteiger charge is -2.05. The Morgan fingerprint density at radius 3 is 2.93 bits per heavy atom. The topological polar surface area (TPSA) is 38.3 Å². The van der Waals surface area contributed by atoms with Crippen LogP contribution in [0.15, 0.2) is 24.3 Å². The zero-order valence-corrected chi connectivity index (χ0v) is 8.54. The van der Waals surface area contributed by atoms with Crippen LogP contribution in [0.5, 0.6) is 5.75 Å². The molecule has 0 bridgehead atoms. The van der Waals surface area contributed by atoms with Crippen molar-refractivity contribution >= 4 is 5.91 Å². The fourth-order valence-corrected chi connectivity index (χ4v) is 1.08. The predicted octanol–water partition coefficient (Wildman–Crippen LogP) is 1.37. The van der Waals surface area contributed by atoms with Crippen LogP contribution in [0.3, 0.4) is 0 Å². The molecule has 0 aliphatic carbocycles. The van der Waals surface area contributed by atoms with Gasteiger partial charge in [0, 0.05) is 7.05 Å². The van der Waals surface area contributed by atoms with Crippen LogP contribution in [0.4, 0.5) is 0 Å². The molecule has 3 nitrogen and oxygen atoms in total.